The molecule has 0 aromatic heterocycles. The van der Waals surface area contributed by atoms with Crippen LogP contribution in [0.4, 0.5) is 13.2 Å². The Labute approximate surface area is 64.1 Å². The van der Waals surface area contributed by atoms with Gasteiger partial charge >= 0.3 is 6.18 Å². The Hall–Kier alpha value is -0.540. The number of rotatable bonds is 3. The van der Waals surface area contributed by atoms with Gasteiger partial charge in [-0.3, -0.25) is 0 Å². The highest BCUT2D eigenvalue weighted by Gasteiger charge is 2.35. The van der Waals surface area contributed by atoms with E-state index in [4.69, 9.17) is 5.41 Å². The Balaban J connectivity index is 3.87. The smallest absolute Gasteiger partial charge is 0.310 e. The molecule has 0 saturated heterocycles. The summed E-state index contributed by atoms with van der Waals surface area (Å²) in [4.78, 5) is 0. The summed E-state index contributed by atoms with van der Waals surface area (Å²) >= 11 is 0. The molecule has 0 radical (unpaired) electrons. The van der Waals surface area contributed by atoms with Gasteiger partial charge < -0.3 is 5.41 Å². The maximum atomic E-state index is 11.8. The fraction of sp³-hybridized carbons (Fsp3) is 0.857. The second-order valence-electron chi connectivity index (χ2n) is 2.60. The van der Waals surface area contributed by atoms with Crippen molar-refractivity contribution in [2.45, 2.75) is 32.9 Å². The predicted molar refractivity (Wildman–Crippen MR) is 37.9 cm³/mol. The van der Waals surface area contributed by atoms with Crippen LogP contribution >= 0.6 is 0 Å². The maximum absolute atomic E-state index is 11.8. The van der Waals surface area contributed by atoms with Crippen molar-refractivity contribution in [2.24, 2.45) is 5.92 Å². The Morgan fingerprint density at radius 3 is 2.18 bits per heavy atom. The predicted octanol–water partition coefficient (Wildman–Crippen LogP) is 3.00. The van der Waals surface area contributed by atoms with Crippen molar-refractivity contribution in [1.29, 1.82) is 5.41 Å². The van der Waals surface area contributed by atoms with Crippen LogP contribution in [0, 0.1) is 11.3 Å². The van der Waals surface area contributed by atoms with Gasteiger partial charge in [0.2, 0.25) is 0 Å². The van der Waals surface area contributed by atoms with Gasteiger partial charge in [-0.25, -0.2) is 0 Å². The molecule has 0 aromatic carbocycles. The molecule has 0 rings (SSSR count). The largest absolute Gasteiger partial charge is 0.391 e. The molecule has 0 fully saturated rings. The maximum Gasteiger partial charge on any atom is 0.391 e. The lowest BCUT2D eigenvalue weighted by Crippen LogP contribution is -2.22. The van der Waals surface area contributed by atoms with E-state index in [-0.39, 0.29) is 12.1 Å². The molecule has 4 heteroatoms. The topological polar surface area (TPSA) is 23.9 Å². The number of alkyl halides is 3. The van der Waals surface area contributed by atoms with Crippen LogP contribution in [0.15, 0.2) is 0 Å². The zero-order valence-corrected chi connectivity index (χ0v) is 6.63. The van der Waals surface area contributed by atoms with Gasteiger partial charge in [-0.15, -0.1) is 0 Å². The van der Waals surface area contributed by atoms with E-state index in [1.54, 1.807) is 6.92 Å². The third kappa shape index (κ3) is 4.01. The Bertz CT molecular complexity index is 139. The number of halogens is 3. The van der Waals surface area contributed by atoms with Crippen molar-refractivity contribution in [1.82, 2.24) is 0 Å². The SMILES string of the molecule is CCC(=N)CC(C)C(F)(F)F. The average Bonchev–Trinajstić information content (AvgIpc) is 1.85. The number of nitrogens with one attached hydrogen (secondary N) is 1. The molecular formula is C7H12F3N. The van der Waals surface area contributed by atoms with Gasteiger partial charge in [-0.1, -0.05) is 13.8 Å². The normalized spacial score (nSPS) is 14.6. The minimum absolute atomic E-state index is 0.162. The van der Waals surface area contributed by atoms with E-state index in [0.717, 1.165) is 6.92 Å². The van der Waals surface area contributed by atoms with Gasteiger partial charge in [0, 0.05) is 5.71 Å². The standard InChI is InChI=1S/C7H12F3N/c1-3-6(11)4-5(2)7(8,9)10/h5,11H,3-4H2,1-2H3. The average molecular weight is 167 g/mol. The lowest BCUT2D eigenvalue weighted by atomic mass is 10.0. The lowest BCUT2D eigenvalue weighted by molar-refractivity contribution is -0.167. The van der Waals surface area contributed by atoms with E-state index in [9.17, 15) is 13.2 Å². The van der Waals surface area contributed by atoms with Crippen molar-refractivity contribution in [2.75, 3.05) is 0 Å². The molecule has 1 nitrogen and oxygen atoms in total. The van der Waals surface area contributed by atoms with Gasteiger partial charge in [0.25, 0.3) is 0 Å². The van der Waals surface area contributed by atoms with Gasteiger partial charge in [0.15, 0.2) is 0 Å². The molecule has 11 heavy (non-hydrogen) atoms. The van der Waals surface area contributed by atoms with E-state index in [1.807, 2.05) is 0 Å². The lowest BCUT2D eigenvalue weighted by Gasteiger charge is -2.14. The molecule has 66 valence electrons. The Morgan fingerprint density at radius 2 is 1.91 bits per heavy atom. The number of hydrogen-bond donors (Lipinski definition) is 1. The molecular weight excluding hydrogens is 155 g/mol. The van der Waals surface area contributed by atoms with Crippen LogP contribution in [0.25, 0.3) is 0 Å². The van der Waals surface area contributed by atoms with E-state index in [0.29, 0.717) is 6.42 Å². The van der Waals surface area contributed by atoms with Crippen LogP contribution in [0.3, 0.4) is 0 Å². The van der Waals surface area contributed by atoms with Gasteiger partial charge in [0.05, 0.1) is 5.92 Å². The summed E-state index contributed by atoms with van der Waals surface area (Å²) < 4.78 is 35.5. The molecule has 0 aliphatic rings. The Kier molecular flexibility index (Phi) is 3.55. The van der Waals surface area contributed by atoms with Crippen LogP contribution in [0.2, 0.25) is 0 Å². The summed E-state index contributed by atoms with van der Waals surface area (Å²) in [5.41, 5.74) is 0.162. The molecule has 0 saturated carbocycles. The van der Waals surface area contributed by atoms with E-state index in [1.165, 1.54) is 0 Å². The second kappa shape index (κ2) is 3.74. The van der Waals surface area contributed by atoms with E-state index < -0.39 is 12.1 Å². The zero-order valence-electron chi connectivity index (χ0n) is 6.63. The number of hydrogen-bond acceptors (Lipinski definition) is 1. The summed E-state index contributed by atoms with van der Waals surface area (Å²) in [5, 5.41) is 7.05. The minimum Gasteiger partial charge on any atom is -0.310 e. The molecule has 1 atom stereocenters. The summed E-state index contributed by atoms with van der Waals surface area (Å²) in [6.07, 6.45) is -3.91. The van der Waals surface area contributed by atoms with Crippen LogP contribution < -0.4 is 0 Å². The molecule has 0 heterocycles. The van der Waals surface area contributed by atoms with Crippen LogP contribution in [0.1, 0.15) is 26.7 Å². The van der Waals surface area contributed by atoms with Crippen molar-refractivity contribution < 1.29 is 13.2 Å². The van der Waals surface area contributed by atoms with Crippen molar-refractivity contribution in [3.63, 3.8) is 0 Å². The van der Waals surface area contributed by atoms with E-state index >= 15 is 0 Å². The fourth-order valence-corrected chi connectivity index (χ4v) is 0.630. The molecule has 0 aromatic rings. The first-order chi connectivity index (χ1) is 4.88. The van der Waals surface area contributed by atoms with Crippen molar-refractivity contribution in [3.05, 3.63) is 0 Å². The molecule has 0 aliphatic carbocycles. The summed E-state index contributed by atoms with van der Waals surface area (Å²) in [6, 6.07) is 0. The third-order valence-corrected chi connectivity index (χ3v) is 1.54. The zero-order chi connectivity index (χ0) is 9.07. The second-order valence-corrected chi connectivity index (χ2v) is 2.60. The van der Waals surface area contributed by atoms with E-state index in [2.05, 4.69) is 0 Å². The minimum atomic E-state index is -4.15. The first kappa shape index (κ1) is 10.5. The highest BCUT2D eigenvalue weighted by Crippen LogP contribution is 2.28. The highest BCUT2D eigenvalue weighted by atomic mass is 19.4. The van der Waals surface area contributed by atoms with Crippen molar-refractivity contribution in [3.8, 4) is 0 Å². The van der Waals surface area contributed by atoms with Crippen LogP contribution in [-0.4, -0.2) is 11.9 Å². The molecule has 1 N–H and O–H groups in total. The first-order valence-corrected chi connectivity index (χ1v) is 3.51. The molecule has 0 spiro atoms. The summed E-state index contributed by atoms with van der Waals surface area (Å²) in [6.45, 7) is 2.79. The third-order valence-electron chi connectivity index (χ3n) is 1.54. The van der Waals surface area contributed by atoms with Gasteiger partial charge in [-0.2, -0.15) is 13.2 Å². The molecule has 1 unspecified atom stereocenters. The molecule has 0 aliphatic heterocycles. The van der Waals surface area contributed by atoms with Crippen molar-refractivity contribution >= 4 is 5.71 Å². The molecule has 0 bridgehead atoms. The molecule has 0 amide bonds. The first-order valence-electron chi connectivity index (χ1n) is 3.51. The Morgan fingerprint density at radius 1 is 1.45 bits per heavy atom. The summed E-state index contributed by atoms with van der Waals surface area (Å²) in [5.74, 6) is -1.38. The van der Waals surface area contributed by atoms with Crippen LogP contribution in [0.5, 0.6) is 0 Å². The van der Waals surface area contributed by atoms with Gasteiger partial charge in [0.1, 0.15) is 0 Å². The monoisotopic (exact) mass is 167 g/mol. The van der Waals surface area contributed by atoms with Gasteiger partial charge in [-0.05, 0) is 12.8 Å². The summed E-state index contributed by atoms with van der Waals surface area (Å²) in [7, 11) is 0. The fourth-order valence-electron chi connectivity index (χ4n) is 0.630. The quantitative estimate of drug-likeness (QED) is 0.625. The van der Waals surface area contributed by atoms with Crippen LogP contribution in [-0.2, 0) is 0 Å². The highest BCUT2D eigenvalue weighted by molar-refractivity contribution is 5.81.